The normalized spacial score (nSPS) is 14.2. The van der Waals surface area contributed by atoms with Crippen LogP contribution in [0.15, 0.2) is 23.8 Å². The highest BCUT2D eigenvalue weighted by Crippen LogP contribution is 2.16. The van der Waals surface area contributed by atoms with Crippen molar-refractivity contribution in [3.05, 3.63) is 23.8 Å². The fourth-order valence-corrected chi connectivity index (χ4v) is 2.58. The molecule has 3 nitrogen and oxygen atoms in total. The molecule has 4 heteroatoms. The van der Waals surface area contributed by atoms with Crippen LogP contribution in [0.5, 0.6) is 0 Å². The molecule has 1 rings (SSSR count). The summed E-state index contributed by atoms with van der Waals surface area (Å²) in [6.07, 6.45) is 9.18. The highest BCUT2D eigenvalue weighted by molar-refractivity contribution is 7.99. The standard InChI is InChI=1S/C14H20O3S/c1-2-17-14(16)10-13(15)8-9-18-11-12-6-4-3-5-7-12/h4,6-7H,2-3,5,8-11H2,1H3. The number of carbonyl (C=O) groups is 2. The Labute approximate surface area is 113 Å². The molecule has 0 bridgehead atoms. The van der Waals surface area contributed by atoms with E-state index in [2.05, 4.69) is 18.2 Å². The largest absolute Gasteiger partial charge is 0.466 e. The summed E-state index contributed by atoms with van der Waals surface area (Å²) in [6.45, 7) is 2.07. The topological polar surface area (TPSA) is 43.4 Å². The van der Waals surface area contributed by atoms with Crippen molar-refractivity contribution in [2.75, 3.05) is 18.1 Å². The Morgan fingerprint density at radius 3 is 2.89 bits per heavy atom. The van der Waals surface area contributed by atoms with E-state index in [9.17, 15) is 9.59 Å². The molecule has 1 aliphatic rings. The average molecular weight is 268 g/mol. The Bertz CT molecular complexity index is 345. The minimum absolute atomic E-state index is 0.0332. The number of allylic oxidation sites excluding steroid dienone is 3. The zero-order chi connectivity index (χ0) is 13.2. The lowest BCUT2D eigenvalue weighted by Crippen LogP contribution is -2.11. The van der Waals surface area contributed by atoms with Gasteiger partial charge in [0.2, 0.25) is 0 Å². The zero-order valence-electron chi connectivity index (χ0n) is 10.8. The quantitative estimate of drug-likeness (QED) is 0.386. The molecule has 100 valence electrons. The summed E-state index contributed by atoms with van der Waals surface area (Å²) in [5.74, 6) is 1.27. The highest BCUT2D eigenvalue weighted by Gasteiger charge is 2.09. The van der Waals surface area contributed by atoms with Crippen LogP contribution >= 0.6 is 11.8 Å². The number of hydrogen-bond acceptors (Lipinski definition) is 4. The van der Waals surface area contributed by atoms with Crippen LogP contribution in [-0.4, -0.2) is 29.9 Å². The molecule has 0 amide bonds. The van der Waals surface area contributed by atoms with Gasteiger partial charge in [0.1, 0.15) is 12.2 Å². The summed E-state index contributed by atoms with van der Waals surface area (Å²) in [4.78, 5) is 22.5. The van der Waals surface area contributed by atoms with Crippen molar-refractivity contribution in [1.29, 1.82) is 0 Å². The summed E-state index contributed by atoms with van der Waals surface area (Å²) in [7, 11) is 0. The number of Topliss-reactive ketones (excluding diaryl/α,β-unsaturated/α-hetero) is 1. The van der Waals surface area contributed by atoms with E-state index in [1.54, 1.807) is 18.7 Å². The Morgan fingerprint density at radius 2 is 2.22 bits per heavy atom. The van der Waals surface area contributed by atoms with Crippen molar-refractivity contribution in [3.63, 3.8) is 0 Å². The number of rotatable bonds is 8. The van der Waals surface area contributed by atoms with Crippen molar-refractivity contribution in [2.45, 2.75) is 32.6 Å². The van der Waals surface area contributed by atoms with E-state index in [0.717, 1.165) is 24.3 Å². The molecule has 0 saturated carbocycles. The van der Waals surface area contributed by atoms with Crippen LogP contribution in [0.25, 0.3) is 0 Å². The van der Waals surface area contributed by atoms with E-state index in [-0.39, 0.29) is 12.2 Å². The Balaban J connectivity index is 2.06. The van der Waals surface area contributed by atoms with E-state index < -0.39 is 5.97 Å². The number of hydrogen-bond donors (Lipinski definition) is 0. The molecule has 0 unspecified atom stereocenters. The first-order valence-corrected chi connectivity index (χ1v) is 7.48. The van der Waals surface area contributed by atoms with Gasteiger partial charge in [-0.15, -0.1) is 0 Å². The summed E-state index contributed by atoms with van der Waals surface area (Å²) in [5, 5.41) is 0. The van der Waals surface area contributed by atoms with E-state index in [0.29, 0.717) is 13.0 Å². The van der Waals surface area contributed by atoms with E-state index in [1.165, 1.54) is 5.57 Å². The van der Waals surface area contributed by atoms with Crippen molar-refractivity contribution in [2.24, 2.45) is 0 Å². The summed E-state index contributed by atoms with van der Waals surface area (Å²) in [5.41, 5.74) is 1.34. The summed E-state index contributed by atoms with van der Waals surface area (Å²) in [6, 6.07) is 0. The van der Waals surface area contributed by atoms with Gasteiger partial charge in [0.15, 0.2) is 0 Å². The van der Waals surface area contributed by atoms with Crippen LogP contribution in [0.2, 0.25) is 0 Å². The summed E-state index contributed by atoms with van der Waals surface area (Å²) < 4.78 is 4.73. The molecule has 0 spiro atoms. The van der Waals surface area contributed by atoms with Gasteiger partial charge in [-0.25, -0.2) is 0 Å². The van der Waals surface area contributed by atoms with Crippen molar-refractivity contribution in [3.8, 4) is 0 Å². The first kappa shape index (κ1) is 15.0. The lowest BCUT2D eigenvalue weighted by atomic mass is 10.1. The zero-order valence-corrected chi connectivity index (χ0v) is 11.6. The molecule has 0 fully saturated rings. The molecule has 1 aliphatic carbocycles. The van der Waals surface area contributed by atoms with Gasteiger partial charge in [0.05, 0.1) is 6.61 Å². The van der Waals surface area contributed by atoms with Crippen molar-refractivity contribution >= 4 is 23.5 Å². The number of thioether (sulfide) groups is 1. The average Bonchev–Trinajstić information content (AvgIpc) is 2.36. The SMILES string of the molecule is CCOC(=O)CC(=O)CCSCC1=CCCC=C1. The van der Waals surface area contributed by atoms with Crippen LogP contribution in [-0.2, 0) is 14.3 Å². The maximum Gasteiger partial charge on any atom is 0.313 e. The van der Waals surface area contributed by atoms with Gasteiger partial charge in [0.25, 0.3) is 0 Å². The lowest BCUT2D eigenvalue weighted by Gasteiger charge is -2.06. The van der Waals surface area contributed by atoms with E-state index >= 15 is 0 Å². The minimum atomic E-state index is -0.412. The minimum Gasteiger partial charge on any atom is -0.466 e. The molecule has 0 heterocycles. The predicted molar refractivity (Wildman–Crippen MR) is 74.7 cm³/mol. The van der Waals surface area contributed by atoms with Crippen LogP contribution in [0, 0.1) is 0 Å². The van der Waals surface area contributed by atoms with Crippen molar-refractivity contribution in [1.82, 2.24) is 0 Å². The maximum absolute atomic E-state index is 11.4. The Morgan fingerprint density at radius 1 is 1.39 bits per heavy atom. The third kappa shape index (κ3) is 6.64. The Hall–Kier alpha value is -1.03. The molecule has 0 aliphatic heterocycles. The fraction of sp³-hybridized carbons (Fsp3) is 0.571. The number of carbonyl (C=O) groups excluding carboxylic acids is 2. The van der Waals surface area contributed by atoms with Crippen LogP contribution < -0.4 is 0 Å². The third-order valence-electron chi connectivity index (χ3n) is 2.51. The molecular weight excluding hydrogens is 248 g/mol. The first-order valence-electron chi connectivity index (χ1n) is 6.33. The third-order valence-corrected chi connectivity index (χ3v) is 3.54. The molecule has 0 aromatic heterocycles. The molecule has 0 aromatic rings. The Kier molecular flexibility index (Phi) is 7.49. The molecule has 0 saturated heterocycles. The van der Waals surface area contributed by atoms with Gasteiger partial charge in [-0.2, -0.15) is 11.8 Å². The smallest absolute Gasteiger partial charge is 0.313 e. The molecule has 0 atom stereocenters. The monoisotopic (exact) mass is 268 g/mol. The van der Waals surface area contributed by atoms with E-state index in [1.807, 2.05) is 0 Å². The molecule has 0 aromatic carbocycles. The van der Waals surface area contributed by atoms with Gasteiger partial charge in [-0.3, -0.25) is 9.59 Å². The van der Waals surface area contributed by atoms with Gasteiger partial charge < -0.3 is 4.74 Å². The van der Waals surface area contributed by atoms with Crippen LogP contribution in [0.3, 0.4) is 0 Å². The molecule has 0 radical (unpaired) electrons. The molecular formula is C14H20O3S. The highest BCUT2D eigenvalue weighted by atomic mass is 32.2. The number of ketones is 1. The summed E-state index contributed by atoms with van der Waals surface area (Å²) >= 11 is 1.74. The number of esters is 1. The molecule has 18 heavy (non-hydrogen) atoms. The van der Waals surface area contributed by atoms with Gasteiger partial charge >= 0.3 is 5.97 Å². The number of ether oxygens (including phenoxy) is 1. The maximum atomic E-state index is 11.4. The second-order valence-corrected chi connectivity index (χ2v) is 5.19. The van der Waals surface area contributed by atoms with Crippen molar-refractivity contribution < 1.29 is 14.3 Å². The fourth-order valence-electron chi connectivity index (χ4n) is 1.61. The van der Waals surface area contributed by atoms with Crippen LogP contribution in [0.1, 0.15) is 32.6 Å². The lowest BCUT2D eigenvalue weighted by molar-refractivity contribution is -0.145. The van der Waals surface area contributed by atoms with E-state index in [4.69, 9.17) is 4.74 Å². The second kappa shape index (κ2) is 8.97. The second-order valence-electron chi connectivity index (χ2n) is 4.08. The van der Waals surface area contributed by atoms with Gasteiger partial charge in [0, 0.05) is 17.9 Å². The predicted octanol–water partition coefficient (Wildman–Crippen LogP) is 2.91. The first-order chi connectivity index (χ1) is 8.72. The van der Waals surface area contributed by atoms with Gasteiger partial charge in [-0.1, -0.05) is 18.2 Å². The van der Waals surface area contributed by atoms with Crippen LogP contribution in [0.4, 0.5) is 0 Å². The molecule has 0 N–H and O–H groups in total. The van der Waals surface area contributed by atoms with Gasteiger partial charge in [-0.05, 0) is 25.3 Å².